The van der Waals surface area contributed by atoms with Crippen molar-refractivity contribution in [3.8, 4) is 11.5 Å². The number of thiazole rings is 1. The molecule has 0 bridgehead atoms. The predicted molar refractivity (Wildman–Crippen MR) is 208 cm³/mol. The second kappa shape index (κ2) is 17.0. The predicted octanol–water partition coefficient (Wildman–Crippen LogP) is -1.11. The monoisotopic (exact) mass is 883 g/mol. The molecule has 0 radical (unpaired) electrons. The average molecular weight is 884 g/mol. The molecule has 2 saturated heterocycles. The Bertz CT molecular complexity index is 2180. The van der Waals surface area contributed by atoms with Crippen molar-refractivity contribution in [3.05, 3.63) is 58.0 Å². The number of carbonyl (C=O) groups excluding carboxylic acids is 4. The van der Waals surface area contributed by atoms with Gasteiger partial charge in [0.1, 0.15) is 29.3 Å². The molecule has 27 heteroatoms. The number of aliphatic hydroxyl groups excluding tert-OH is 1. The Morgan fingerprint density at radius 2 is 1.91 bits per heavy atom. The fraction of sp³-hybridized carbons (Fsp3) is 0.323. The summed E-state index contributed by atoms with van der Waals surface area (Å²) in [5, 5.41) is 58.7. The zero-order valence-electron chi connectivity index (χ0n) is 29.9. The van der Waals surface area contributed by atoms with Crippen LogP contribution in [0.5, 0.6) is 11.5 Å². The zero-order chi connectivity index (χ0) is 41.4. The van der Waals surface area contributed by atoms with Crippen molar-refractivity contribution in [1.29, 1.82) is 0 Å². The molecule has 3 atom stereocenters. The molecule has 23 nitrogen and oxygen atoms in total. The number of hydrogen-bond donors (Lipinski definition) is 10. The molecule has 4 aliphatic heterocycles. The quantitative estimate of drug-likeness (QED) is 0.0493. The van der Waals surface area contributed by atoms with Crippen LogP contribution in [0, 0.1) is 5.41 Å². The van der Waals surface area contributed by atoms with Crippen LogP contribution in [-0.4, -0.2) is 134 Å². The molecule has 2 fully saturated rings. The standard InChI is InChI=1S/C31H33N11O12S3.ClH/c1-30(2,27(51)37-36-22(46)13-3-4-16(44)17(45)5-13)54-38-20(15-8-55-29(32)34-15)23(47)35-21-24(48)41-9-31(28(52)53,11-57-25(21)41)10-56-19-6-14(26(49)50)33-18-7-40(12-43)39-42(18)19;/h3-8,21,25,39,43-45H,9-12H2,1-2H3,(H2,32,34)(H,35,47)(H,36,46)(H,37,51)(H,49,50)(H,52,53);1H/t21?,25-,31?;/m1./s1. The molecule has 0 saturated carbocycles. The number of phenolic OH excluding ortho intramolecular Hbond substituents is 2. The zero-order valence-corrected chi connectivity index (χ0v) is 33.2. The summed E-state index contributed by atoms with van der Waals surface area (Å²) in [4.78, 5) is 91.8. The lowest BCUT2D eigenvalue weighted by Crippen LogP contribution is -2.74. The first-order valence-electron chi connectivity index (χ1n) is 16.3. The van der Waals surface area contributed by atoms with Gasteiger partial charge in [-0.25, -0.2) is 19.8 Å². The number of nitrogens with zero attached hydrogens (tertiary/aromatic N) is 6. The molecule has 11 N–H and O–H groups in total. The van der Waals surface area contributed by atoms with Crippen molar-refractivity contribution in [2.75, 3.05) is 30.5 Å². The normalized spacial score (nSPS) is 21.2. The van der Waals surface area contributed by atoms with Gasteiger partial charge in [0.25, 0.3) is 17.7 Å². The highest BCUT2D eigenvalue weighted by Crippen LogP contribution is 2.45. The number of nitrogens with one attached hydrogen (secondary N) is 4. The molecule has 0 aliphatic carbocycles. The number of aromatic nitrogens is 1. The molecular weight excluding hydrogens is 850 g/mol. The van der Waals surface area contributed by atoms with Gasteiger partial charge in [-0.2, -0.15) is 0 Å². The number of aromatic hydroxyl groups is 2. The third kappa shape index (κ3) is 8.70. The fourth-order valence-corrected chi connectivity index (χ4v) is 8.82. The molecule has 2 aromatic rings. The molecule has 1 aromatic carbocycles. The first kappa shape index (κ1) is 43.3. The Balaban J connectivity index is 0.00000641. The van der Waals surface area contributed by atoms with E-state index in [1.807, 2.05) is 0 Å². The number of rotatable bonds is 13. The third-order valence-corrected chi connectivity index (χ3v) is 12.2. The van der Waals surface area contributed by atoms with Crippen molar-refractivity contribution in [3.63, 3.8) is 0 Å². The number of carboxylic acids is 2. The summed E-state index contributed by atoms with van der Waals surface area (Å²) in [6.45, 7) is 1.86. The van der Waals surface area contributed by atoms with Gasteiger partial charge in [0.05, 0.1) is 11.2 Å². The largest absolute Gasteiger partial charge is 0.504 e. The summed E-state index contributed by atoms with van der Waals surface area (Å²) < 4.78 is 0. The number of β-lactam (4-membered cyclic amide) rings is 1. The lowest BCUT2D eigenvalue weighted by molar-refractivity contribution is -0.157. The maximum atomic E-state index is 13.6. The third-order valence-electron chi connectivity index (χ3n) is 8.62. The molecule has 58 heavy (non-hydrogen) atoms. The number of carbonyl (C=O) groups is 6. The number of carboxylic acid groups (broad SMARTS) is 2. The fourth-order valence-electron chi connectivity index (χ4n) is 5.40. The summed E-state index contributed by atoms with van der Waals surface area (Å²) in [5.74, 6) is -6.75. The molecule has 310 valence electrons. The first-order valence-corrected chi connectivity index (χ1v) is 19.2. The van der Waals surface area contributed by atoms with Crippen molar-refractivity contribution < 1.29 is 59.1 Å². The van der Waals surface area contributed by atoms with Crippen LogP contribution in [0.3, 0.4) is 0 Å². The van der Waals surface area contributed by atoms with Crippen molar-refractivity contribution >= 4 is 99.4 Å². The Hall–Kier alpha value is -5.80. The first-order chi connectivity index (χ1) is 26.9. The number of halogens is 1. The van der Waals surface area contributed by atoms with Crippen LogP contribution in [0.25, 0.3) is 0 Å². The molecule has 5 heterocycles. The highest BCUT2D eigenvalue weighted by atomic mass is 35.5. The topological polar surface area (TPSA) is 334 Å². The minimum atomic E-state index is -1.82. The van der Waals surface area contributed by atoms with Crippen LogP contribution in [0.4, 0.5) is 5.13 Å². The Labute approximate surface area is 345 Å². The van der Waals surface area contributed by atoms with Gasteiger partial charge < -0.3 is 46.3 Å². The highest BCUT2D eigenvalue weighted by molar-refractivity contribution is 8.03. The van der Waals surface area contributed by atoms with Crippen LogP contribution in [0.1, 0.15) is 29.9 Å². The molecule has 4 amide bonds. The molecule has 2 unspecified atom stereocenters. The summed E-state index contributed by atoms with van der Waals surface area (Å²) >= 11 is 3.11. The SMILES string of the molecule is CC(C)(ON=C(C(=O)NC1C(=O)N2CC(CSC3=CC(C(=O)O)=NC4=CN(CO)NN43)(C(=O)O)CS[C@H]12)c1csc(N)n1)C(=O)NNC(=O)c1ccc(O)c(O)c1.Cl. The van der Waals surface area contributed by atoms with E-state index in [4.69, 9.17) is 10.6 Å². The van der Waals surface area contributed by atoms with Crippen LogP contribution >= 0.6 is 47.3 Å². The number of anilines is 1. The van der Waals surface area contributed by atoms with Gasteiger partial charge in [0.2, 0.25) is 11.5 Å². The van der Waals surface area contributed by atoms with Crippen LogP contribution in [0.15, 0.2) is 56.9 Å². The van der Waals surface area contributed by atoms with Gasteiger partial charge in [0, 0.05) is 35.1 Å². The number of hydrazine groups is 3. The summed E-state index contributed by atoms with van der Waals surface area (Å²) in [6.07, 6.45) is 2.63. The molecular formula is C31H34ClN11O12S3. The average Bonchev–Trinajstić information content (AvgIpc) is 3.81. The Morgan fingerprint density at radius 3 is 2.55 bits per heavy atom. The maximum absolute atomic E-state index is 13.6. The van der Waals surface area contributed by atoms with Crippen molar-refractivity contribution in [1.82, 2.24) is 41.6 Å². The van der Waals surface area contributed by atoms with Gasteiger partial charge in [0.15, 0.2) is 33.9 Å². The van der Waals surface area contributed by atoms with Gasteiger partial charge in [-0.3, -0.25) is 39.8 Å². The van der Waals surface area contributed by atoms with Gasteiger partial charge in [-0.1, -0.05) is 5.16 Å². The second-order valence-corrected chi connectivity index (χ2v) is 16.0. The number of aliphatic hydroxyl groups is 1. The number of hydrogen-bond acceptors (Lipinski definition) is 20. The van der Waals surface area contributed by atoms with E-state index in [0.29, 0.717) is 0 Å². The minimum absolute atomic E-state index is 0. The Morgan fingerprint density at radius 1 is 1.17 bits per heavy atom. The van der Waals surface area contributed by atoms with E-state index in [0.717, 1.165) is 47.0 Å². The van der Waals surface area contributed by atoms with E-state index in [2.05, 4.69) is 36.8 Å². The van der Waals surface area contributed by atoms with E-state index in [1.54, 1.807) is 0 Å². The van der Waals surface area contributed by atoms with Crippen LogP contribution < -0.4 is 27.4 Å². The van der Waals surface area contributed by atoms with E-state index < -0.39 is 81.9 Å². The van der Waals surface area contributed by atoms with Gasteiger partial charge in [-0.15, -0.1) is 52.8 Å². The number of thioether (sulfide) groups is 2. The number of aliphatic carboxylic acids is 2. The number of fused-ring (bicyclic) bond motifs is 2. The number of aliphatic imine (C=N–C) groups is 1. The summed E-state index contributed by atoms with van der Waals surface area (Å²) in [7, 11) is 0. The van der Waals surface area contributed by atoms with Crippen LogP contribution in [-0.2, 0) is 28.8 Å². The summed E-state index contributed by atoms with van der Waals surface area (Å²) in [6, 6.07) is 2.14. The molecule has 0 spiro atoms. The maximum Gasteiger partial charge on any atom is 0.354 e. The molecule has 1 aromatic heterocycles. The van der Waals surface area contributed by atoms with Crippen LogP contribution in [0.2, 0.25) is 0 Å². The number of oxime groups is 1. The van der Waals surface area contributed by atoms with Crippen molar-refractivity contribution in [2.45, 2.75) is 30.9 Å². The smallest absolute Gasteiger partial charge is 0.354 e. The van der Waals surface area contributed by atoms with Gasteiger partial charge >= 0.3 is 11.9 Å². The number of benzene rings is 1. The van der Waals surface area contributed by atoms with E-state index in [-0.39, 0.29) is 63.4 Å². The lowest BCUT2D eigenvalue weighted by Gasteiger charge is -2.53. The van der Waals surface area contributed by atoms with E-state index in [1.165, 1.54) is 52.5 Å². The van der Waals surface area contributed by atoms with E-state index in [9.17, 15) is 54.3 Å². The second-order valence-electron chi connectivity index (χ2n) is 13.0. The number of nitrogen functional groups attached to an aromatic ring is 1. The van der Waals surface area contributed by atoms with Crippen molar-refractivity contribution in [2.24, 2.45) is 15.6 Å². The van der Waals surface area contributed by atoms with E-state index >= 15 is 0 Å². The summed E-state index contributed by atoms with van der Waals surface area (Å²) in [5.41, 5.74) is 8.64. The Kier molecular flexibility index (Phi) is 12.7. The highest BCUT2D eigenvalue weighted by Gasteiger charge is 2.58. The van der Waals surface area contributed by atoms with Gasteiger partial charge in [-0.05, 0) is 32.0 Å². The number of phenols is 2. The molecule has 6 rings (SSSR count). The number of nitrogens with two attached hydrogens (primary N) is 1. The minimum Gasteiger partial charge on any atom is -0.504 e. The lowest BCUT2D eigenvalue weighted by atomic mass is 9.89. The molecule has 4 aliphatic rings. The number of amides is 4.